The average Bonchev–Trinajstić information content (AvgIpc) is 3.29. The van der Waals surface area contributed by atoms with Crippen molar-refractivity contribution in [2.45, 2.75) is 30.8 Å². The molecule has 1 fully saturated rings. The molecule has 150 valence electrons. The Labute approximate surface area is 170 Å². The molecule has 1 heterocycles. The van der Waals surface area contributed by atoms with Crippen LogP contribution in [0.25, 0.3) is 0 Å². The van der Waals surface area contributed by atoms with Gasteiger partial charge in [-0.3, -0.25) is 0 Å². The number of esters is 2. The molecular weight excluding hydrogens is 368 g/mol. The van der Waals surface area contributed by atoms with Crippen molar-refractivity contribution >= 4 is 11.9 Å². The lowest BCUT2D eigenvalue weighted by molar-refractivity contribution is -0.167. The van der Waals surface area contributed by atoms with Gasteiger partial charge in [0.1, 0.15) is 0 Å². The highest BCUT2D eigenvalue weighted by Crippen LogP contribution is 2.60. The molecule has 4 rings (SSSR count). The summed E-state index contributed by atoms with van der Waals surface area (Å²) in [4.78, 5) is 25.3. The molecule has 5 heteroatoms. The Morgan fingerprint density at radius 2 is 1.66 bits per heavy atom. The molecule has 1 saturated carbocycles. The molecule has 5 nitrogen and oxygen atoms in total. The average molecular weight is 392 g/mol. The van der Waals surface area contributed by atoms with Gasteiger partial charge in [0.25, 0.3) is 0 Å². The van der Waals surface area contributed by atoms with Crippen LogP contribution in [0.3, 0.4) is 0 Å². The van der Waals surface area contributed by atoms with Crippen LogP contribution in [0.2, 0.25) is 0 Å². The number of benzene rings is 2. The summed E-state index contributed by atoms with van der Waals surface area (Å²) in [5, 5.41) is 0. The van der Waals surface area contributed by atoms with Crippen LogP contribution in [0.4, 0.5) is 0 Å². The molecule has 0 aromatic heterocycles. The first kappa shape index (κ1) is 19.2. The molecule has 0 radical (unpaired) electrons. The summed E-state index contributed by atoms with van der Waals surface area (Å²) < 4.78 is 16.3. The minimum atomic E-state index is -1.24. The Balaban J connectivity index is 1.84. The molecule has 2 aromatic carbocycles. The summed E-state index contributed by atoms with van der Waals surface area (Å²) in [6.07, 6.45) is 2.18. The van der Waals surface area contributed by atoms with E-state index in [-0.39, 0.29) is 30.1 Å². The normalized spacial score (nSPS) is 27.5. The Hall–Kier alpha value is -3.08. The van der Waals surface area contributed by atoms with Crippen molar-refractivity contribution < 1.29 is 23.8 Å². The SMILES string of the molecule is CCOC(=O)C1=CC2[C@@H](c3ccccc3)[C@H](c3ccccc3)C[C@]2(C(=O)OC)O1. The van der Waals surface area contributed by atoms with Crippen molar-refractivity contribution in [1.29, 1.82) is 0 Å². The van der Waals surface area contributed by atoms with E-state index in [1.54, 1.807) is 13.0 Å². The van der Waals surface area contributed by atoms with Gasteiger partial charge in [0.2, 0.25) is 11.4 Å². The predicted molar refractivity (Wildman–Crippen MR) is 107 cm³/mol. The number of fused-ring (bicyclic) bond motifs is 1. The van der Waals surface area contributed by atoms with Crippen LogP contribution in [0, 0.1) is 5.92 Å². The van der Waals surface area contributed by atoms with Crippen molar-refractivity contribution in [1.82, 2.24) is 0 Å². The zero-order valence-electron chi connectivity index (χ0n) is 16.5. The van der Waals surface area contributed by atoms with E-state index in [1.807, 2.05) is 36.4 Å². The maximum atomic E-state index is 13.0. The molecule has 1 unspecified atom stereocenters. The molecule has 0 saturated heterocycles. The first-order valence-electron chi connectivity index (χ1n) is 9.87. The summed E-state index contributed by atoms with van der Waals surface area (Å²) in [7, 11) is 1.35. The molecule has 0 amide bonds. The molecule has 2 aromatic rings. The first-order chi connectivity index (χ1) is 14.1. The summed E-state index contributed by atoms with van der Waals surface area (Å²) in [6, 6.07) is 20.2. The maximum absolute atomic E-state index is 13.0. The summed E-state index contributed by atoms with van der Waals surface area (Å²) in [5.41, 5.74) is 0.994. The van der Waals surface area contributed by atoms with Crippen molar-refractivity contribution in [2.75, 3.05) is 13.7 Å². The van der Waals surface area contributed by atoms with E-state index in [4.69, 9.17) is 14.2 Å². The summed E-state index contributed by atoms with van der Waals surface area (Å²) in [5.74, 6) is -1.24. The van der Waals surface area contributed by atoms with E-state index in [2.05, 4.69) is 24.3 Å². The third-order valence-electron chi connectivity index (χ3n) is 5.92. The number of hydrogen-bond acceptors (Lipinski definition) is 5. The first-order valence-corrected chi connectivity index (χ1v) is 9.87. The van der Waals surface area contributed by atoms with Crippen LogP contribution in [-0.2, 0) is 23.8 Å². The van der Waals surface area contributed by atoms with E-state index in [9.17, 15) is 9.59 Å². The fraction of sp³-hybridized carbons (Fsp3) is 0.333. The second-order valence-electron chi connectivity index (χ2n) is 7.42. The van der Waals surface area contributed by atoms with Crippen LogP contribution in [0.15, 0.2) is 72.5 Å². The largest absolute Gasteiger partial charge is 0.468 e. The lowest BCUT2D eigenvalue weighted by Crippen LogP contribution is -2.43. The number of rotatable bonds is 5. The monoisotopic (exact) mass is 392 g/mol. The van der Waals surface area contributed by atoms with Crippen LogP contribution >= 0.6 is 0 Å². The highest BCUT2D eigenvalue weighted by atomic mass is 16.6. The van der Waals surface area contributed by atoms with Crippen LogP contribution in [0.1, 0.15) is 36.3 Å². The Bertz CT molecular complexity index is 921. The van der Waals surface area contributed by atoms with Gasteiger partial charge in [-0.05, 0) is 30.0 Å². The lowest BCUT2D eigenvalue weighted by atomic mass is 9.78. The quantitative estimate of drug-likeness (QED) is 0.721. The van der Waals surface area contributed by atoms with Crippen LogP contribution < -0.4 is 0 Å². The summed E-state index contributed by atoms with van der Waals surface area (Å²) in [6.45, 7) is 1.98. The topological polar surface area (TPSA) is 61.8 Å². The second-order valence-corrected chi connectivity index (χ2v) is 7.42. The van der Waals surface area contributed by atoms with Gasteiger partial charge in [-0.2, -0.15) is 0 Å². The van der Waals surface area contributed by atoms with E-state index in [0.717, 1.165) is 11.1 Å². The van der Waals surface area contributed by atoms with E-state index in [0.29, 0.717) is 6.42 Å². The molecular formula is C24H24O5. The number of carbonyl (C=O) groups excluding carboxylic acids is 2. The van der Waals surface area contributed by atoms with E-state index < -0.39 is 17.5 Å². The van der Waals surface area contributed by atoms with Crippen LogP contribution in [0.5, 0.6) is 0 Å². The Kier molecular flexibility index (Phi) is 5.14. The third-order valence-corrected chi connectivity index (χ3v) is 5.92. The molecule has 1 aliphatic heterocycles. The molecule has 0 spiro atoms. The van der Waals surface area contributed by atoms with Gasteiger partial charge >= 0.3 is 11.9 Å². The smallest absolute Gasteiger partial charge is 0.373 e. The van der Waals surface area contributed by atoms with Crippen LogP contribution in [-0.4, -0.2) is 31.3 Å². The molecule has 29 heavy (non-hydrogen) atoms. The van der Waals surface area contributed by atoms with Crippen molar-refractivity contribution in [3.63, 3.8) is 0 Å². The highest BCUT2D eigenvalue weighted by Gasteiger charge is 2.64. The van der Waals surface area contributed by atoms with Gasteiger partial charge in [0.05, 0.1) is 13.7 Å². The van der Waals surface area contributed by atoms with Gasteiger partial charge in [-0.1, -0.05) is 60.7 Å². The standard InChI is InChI=1S/C24H24O5/c1-3-28-22(25)20-14-19-21(17-12-8-5-9-13-17)18(16-10-6-4-7-11-16)15-24(19,29-20)23(26)27-2/h4-14,18-19,21H,3,15H2,1-2H3/t18-,19?,21-,24-/m0/s1. The third kappa shape index (κ3) is 3.20. The molecule has 0 N–H and O–H groups in total. The fourth-order valence-electron chi connectivity index (χ4n) is 4.76. The summed E-state index contributed by atoms with van der Waals surface area (Å²) >= 11 is 0. The van der Waals surface area contributed by atoms with Gasteiger partial charge < -0.3 is 14.2 Å². The van der Waals surface area contributed by atoms with Gasteiger partial charge in [-0.15, -0.1) is 0 Å². The van der Waals surface area contributed by atoms with Crippen molar-refractivity contribution in [3.05, 3.63) is 83.6 Å². The van der Waals surface area contributed by atoms with E-state index >= 15 is 0 Å². The lowest BCUT2D eigenvalue weighted by Gasteiger charge is -2.27. The Morgan fingerprint density at radius 3 is 2.24 bits per heavy atom. The number of methoxy groups -OCH3 is 1. The fourth-order valence-corrected chi connectivity index (χ4v) is 4.76. The highest BCUT2D eigenvalue weighted by molar-refractivity contribution is 5.91. The molecule has 4 atom stereocenters. The van der Waals surface area contributed by atoms with Gasteiger partial charge in [0, 0.05) is 18.3 Å². The predicted octanol–water partition coefficient (Wildman–Crippen LogP) is 3.96. The zero-order valence-corrected chi connectivity index (χ0v) is 16.5. The number of hydrogen-bond donors (Lipinski definition) is 0. The number of ether oxygens (including phenoxy) is 3. The molecule has 1 aliphatic carbocycles. The van der Waals surface area contributed by atoms with E-state index in [1.165, 1.54) is 7.11 Å². The Morgan fingerprint density at radius 1 is 1.03 bits per heavy atom. The minimum Gasteiger partial charge on any atom is -0.468 e. The number of carbonyl (C=O) groups is 2. The van der Waals surface area contributed by atoms with Gasteiger partial charge in [0.15, 0.2) is 0 Å². The maximum Gasteiger partial charge on any atom is 0.373 e. The zero-order chi connectivity index (χ0) is 20.4. The van der Waals surface area contributed by atoms with Gasteiger partial charge in [-0.25, -0.2) is 9.59 Å². The van der Waals surface area contributed by atoms with Crippen molar-refractivity contribution in [3.8, 4) is 0 Å². The second kappa shape index (κ2) is 7.74. The molecule has 0 bridgehead atoms. The van der Waals surface area contributed by atoms with Crippen molar-refractivity contribution in [2.24, 2.45) is 5.92 Å². The molecule has 2 aliphatic rings. The minimum absolute atomic E-state index is 0.0374.